The van der Waals surface area contributed by atoms with Gasteiger partial charge in [-0.05, 0) is 80.6 Å². The van der Waals surface area contributed by atoms with Crippen LogP contribution in [0.25, 0.3) is 6.08 Å². The summed E-state index contributed by atoms with van der Waals surface area (Å²) < 4.78 is 0. The zero-order chi connectivity index (χ0) is 24.1. The number of fused-ring (bicyclic) bond motifs is 1. The van der Waals surface area contributed by atoms with Crippen molar-refractivity contribution >= 4 is 58.5 Å². The number of hydrogen-bond donors (Lipinski definition) is 1. The lowest BCUT2D eigenvalue weighted by molar-refractivity contribution is -0.122. The highest BCUT2D eigenvalue weighted by molar-refractivity contribution is 6.40. The van der Waals surface area contributed by atoms with Crippen molar-refractivity contribution in [1.82, 2.24) is 5.32 Å². The van der Waals surface area contributed by atoms with Crippen LogP contribution in [0.3, 0.4) is 0 Å². The van der Waals surface area contributed by atoms with Gasteiger partial charge in [-0.3, -0.25) is 14.9 Å². The van der Waals surface area contributed by atoms with E-state index >= 15 is 0 Å². The SMILES string of the molecule is CCN1c2cc(Cl)c(/C=C3/C(=O)NC(=O)N(c4cccc(Cl)c4)C3=O)cc2C(C)CC1(C)C. The highest BCUT2D eigenvalue weighted by Crippen LogP contribution is 2.45. The molecule has 2 aromatic carbocycles. The molecular formula is C25H25Cl2N3O3. The maximum absolute atomic E-state index is 13.2. The first-order chi connectivity index (χ1) is 15.5. The first-order valence-corrected chi connectivity index (χ1v) is 11.6. The number of imide groups is 2. The fourth-order valence-corrected chi connectivity index (χ4v) is 5.29. The molecule has 172 valence electrons. The van der Waals surface area contributed by atoms with E-state index in [0.29, 0.717) is 15.6 Å². The predicted octanol–water partition coefficient (Wildman–Crippen LogP) is 5.77. The van der Waals surface area contributed by atoms with Crippen LogP contribution in [0.1, 0.15) is 51.2 Å². The zero-order valence-electron chi connectivity index (χ0n) is 18.9. The Balaban J connectivity index is 1.78. The third-order valence-corrected chi connectivity index (χ3v) is 6.85. The van der Waals surface area contributed by atoms with Crippen molar-refractivity contribution in [3.8, 4) is 0 Å². The normalized spacial score (nSPS) is 21.3. The number of carbonyl (C=O) groups excluding carboxylic acids is 3. The van der Waals surface area contributed by atoms with Crippen LogP contribution >= 0.6 is 23.2 Å². The summed E-state index contributed by atoms with van der Waals surface area (Å²) in [5.74, 6) is -1.22. The molecule has 0 aliphatic carbocycles. The Hall–Kier alpha value is -2.83. The van der Waals surface area contributed by atoms with Crippen molar-refractivity contribution in [3.63, 3.8) is 0 Å². The summed E-state index contributed by atoms with van der Waals surface area (Å²) in [7, 11) is 0. The fraction of sp³-hybridized carbons (Fsp3) is 0.320. The minimum Gasteiger partial charge on any atom is -0.366 e. The first kappa shape index (κ1) is 23.3. The van der Waals surface area contributed by atoms with Crippen LogP contribution in [0.5, 0.6) is 0 Å². The average Bonchev–Trinajstić information content (AvgIpc) is 2.71. The molecule has 4 amide bonds. The number of halogens is 2. The van der Waals surface area contributed by atoms with Gasteiger partial charge in [0.05, 0.1) is 5.69 Å². The molecule has 2 aliphatic heterocycles. The standard InChI is InChI=1S/C25H25Cl2N3O3/c1-5-29-21-12-20(27)15(9-18(21)14(2)13-25(29,3)4)10-19-22(31)28-24(33)30(23(19)32)17-8-6-7-16(26)11-17/h6-12,14H,5,13H2,1-4H3,(H,28,31,33)/b19-10-. The lowest BCUT2D eigenvalue weighted by Crippen LogP contribution is -2.54. The van der Waals surface area contributed by atoms with E-state index in [4.69, 9.17) is 23.2 Å². The van der Waals surface area contributed by atoms with Crippen molar-refractivity contribution < 1.29 is 14.4 Å². The lowest BCUT2D eigenvalue weighted by atomic mass is 9.79. The monoisotopic (exact) mass is 485 g/mol. The molecule has 0 saturated carbocycles. The number of anilines is 2. The van der Waals surface area contributed by atoms with Crippen LogP contribution < -0.4 is 15.1 Å². The molecule has 0 bridgehead atoms. The van der Waals surface area contributed by atoms with Crippen molar-refractivity contribution in [3.05, 3.63) is 63.1 Å². The molecule has 0 radical (unpaired) electrons. The Morgan fingerprint density at radius 2 is 1.88 bits per heavy atom. The fourth-order valence-electron chi connectivity index (χ4n) is 4.89. The van der Waals surface area contributed by atoms with E-state index in [-0.39, 0.29) is 22.7 Å². The van der Waals surface area contributed by atoms with Crippen LogP contribution in [0.15, 0.2) is 42.0 Å². The molecule has 0 spiro atoms. The number of nitrogens with zero attached hydrogens (tertiary/aromatic N) is 2. The largest absolute Gasteiger partial charge is 0.366 e. The van der Waals surface area contributed by atoms with E-state index in [1.165, 1.54) is 12.1 Å². The molecule has 1 unspecified atom stereocenters. The van der Waals surface area contributed by atoms with Gasteiger partial charge >= 0.3 is 6.03 Å². The van der Waals surface area contributed by atoms with Gasteiger partial charge in [-0.25, -0.2) is 9.69 Å². The van der Waals surface area contributed by atoms with E-state index in [9.17, 15) is 14.4 Å². The average molecular weight is 486 g/mol. The second-order valence-electron chi connectivity index (χ2n) is 9.03. The van der Waals surface area contributed by atoms with Crippen molar-refractivity contribution in [2.24, 2.45) is 0 Å². The van der Waals surface area contributed by atoms with E-state index in [0.717, 1.165) is 29.1 Å². The van der Waals surface area contributed by atoms with E-state index in [2.05, 4.69) is 37.9 Å². The number of carbonyl (C=O) groups is 3. The summed E-state index contributed by atoms with van der Waals surface area (Å²) in [5.41, 5.74) is 2.81. The van der Waals surface area contributed by atoms with Gasteiger partial charge in [0.1, 0.15) is 5.57 Å². The van der Waals surface area contributed by atoms with Gasteiger partial charge in [-0.15, -0.1) is 0 Å². The van der Waals surface area contributed by atoms with Crippen LogP contribution in [0.4, 0.5) is 16.2 Å². The topological polar surface area (TPSA) is 69.7 Å². The Bertz CT molecular complexity index is 1210. The number of urea groups is 1. The minimum atomic E-state index is -0.824. The zero-order valence-corrected chi connectivity index (χ0v) is 20.4. The summed E-state index contributed by atoms with van der Waals surface area (Å²) in [6, 6.07) is 9.33. The molecule has 0 aromatic heterocycles. The third-order valence-electron chi connectivity index (χ3n) is 6.29. The molecule has 1 N–H and O–H groups in total. The maximum atomic E-state index is 13.2. The third kappa shape index (κ3) is 4.13. The number of benzene rings is 2. The molecule has 1 fully saturated rings. The molecule has 8 heteroatoms. The van der Waals surface area contributed by atoms with Gasteiger partial charge in [0.25, 0.3) is 11.8 Å². The summed E-state index contributed by atoms with van der Waals surface area (Å²) in [6.45, 7) is 9.54. The summed E-state index contributed by atoms with van der Waals surface area (Å²) in [5, 5.41) is 3.02. The molecule has 1 atom stereocenters. The molecule has 1 saturated heterocycles. The van der Waals surface area contributed by atoms with Gasteiger partial charge in [-0.2, -0.15) is 0 Å². The van der Waals surface area contributed by atoms with Crippen LogP contribution in [0, 0.1) is 0 Å². The molecule has 33 heavy (non-hydrogen) atoms. The number of amides is 4. The Kier molecular flexibility index (Phi) is 6.01. The lowest BCUT2D eigenvalue weighted by Gasteiger charge is -2.47. The summed E-state index contributed by atoms with van der Waals surface area (Å²) in [4.78, 5) is 41.4. The van der Waals surface area contributed by atoms with Crippen LogP contribution in [-0.4, -0.2) is 29.9 Å². The van der Waals surface area contributed by atoms with Gasteiger partial charge < -0.3 is 4.90 Å². The molecule has 6 nitrogen and oxygen atoms in total. The van der Waals surface area contributed by atoms with Crippen LogP contribution in [-0.2, 0) is 9.59 Å². The van der Waals surface area contributed by atoms with Gasteiger partial charge in [0.2, 0.25) is 0 Å². The number of nitrogens with one attached hydrogen (secondary N) is 1. The quantitative estimate of drug-likeness (QED) is 0.442. The highest BCUT2D eigenvalue weighted by Gasteiger charge is 2.38. The van der Waals surface area contributed by atoms with Crippen molar-refractivity contribution in [1.29, 1.82) is 0 Å². The second kappa shape index (κ2) is 8.50. The van der Waals surface area contributed by atoms with Crippen molar-refractivity contribution in [2.75, 3.05) is 16.3 Å². The molecule has 2 heterocycles. The second-order valence-corrected chi connectivity index (χ2v) is 9.88. The minimum absolute atomic E-state index is 0.0124. The Morgan fingerprint density at radius 1 is 1.15 bits per heavy atom. The van der Waals surface area contributed by atoms with E-state index in [1.54, 1.807) is 18.2 Å². The van der Waals surface area contributed by atoms with Crippen LogP contribution in [0.2, 0.25) is 10.0 Å². The van der Waals surface area contributed by atoms with E-state index in [1.807, 2.05) is 12.1 Å². The molecule has 2 aromatic rings. The highest BCUT2D eigenvalue weighted by atomic mass is 35.5. The van der Waals surface area contributed by atoms with E-state index < -0.39 is 17.8 Å². The first-order valence-electron chi connectivity index (χ1n) is 10.8. The number of rotatable bonds is 3. The number of hydrogen-bond acceptors (Lipinski definition) is 4. The predicted molar refractivity (Wildman–Crippen MR) is 132 cm³/mol. The molecule has 4 rings (SSSR count). The Labute approximate surface area is 203 Å². The summed E-state index contributed by atoms with van der Waals surface area (Å²) in [6.07, 6.45) is 2.41. The molecule has 2 aliphatic rings. The van der Waals surface area contributed by atoms with Gasteiger partial charge in [-0.1, -0.05) is 36.2 Å². The van der Waals surface area contributed by atoms with Crippen molar-refractivity contribution in [2.45, 2.75) is 45.6 Å². The smallest absolute Gasteiger partial charge is 0.335 e. The van der Waals surface area contributed by atoms with Gasteiger partial charge in [0, 0.05) is 27.8 Å². The maximum Gasteiger partial charge on any atom is 0.335 e. The molecular weight excluding hydrogens is 461 g/mol. The number of barbiturate groups is 1. The van der Waals surface area contributed by atoms with Gasteiger partial charge in [0.15, 0.2) is 0 Å². The summed E-state index contributed by atoms with van der Waals surface area (Å²) >= 11 is 12.7. The Morgan fingerprint density at radius 3 is 2.55 bits per heavy atom.